The maximum absolute atomic E-state index is 13.0. The second-order valence-electron chi connectivity index (χ2n) is 7.26. The van der Waals surface area contributed by atoms with Crippen molar-refractivity contribution < 1.29 is 9.21 Å². The number of amides is 1. The molecule has 140 valence electrons. The molecule has 0 bridgehead atoms. The fourth-order valence-corrected chi connectivity index (χ4v) is 3.51. The lowest BCUT2D eigenvalue weighted by Crippen LogP contribution is -2.14. The third-order valence-electron chi connectivity index (χ3n) is 5.11. The van der Waals surface area contributed by atoms with Crippen LogP contribution in [0.4, 0.5) is 5.69 Å². The Kier molecular flexibility index (Phi) is 3.79. The molecule has 1 amide bonds. The van der Waals surface area contributed by atoms with E-state index in [4.69, 9.17) is 4.42 Å². The van der Waals surface area contributed by atoms with E-state index in [1.165, 1.54) is 0 Å². The van der Waals surface area contributed by atoms with Crippen LogP contribution in [-0.4, -0.2) is 20.7 Å². The summed E-state index contributed by atoms with van der Waals surface area (Å²) in [5, 5.41) is 7.53. The summed E-state index contributed by atoms with van der Waals surface area (Å²) in [5.41, 5.74) is 5.23. The molecule has 0 atom stereocenters. The first-order valence-electron chi connectivity index (χ1n) is 9.43. The Morgan fingerprint density at radius 2 is 1.93 bits per heavy atom. The van der Waals surface area contributed by atoms with Crippen LogP contribution in [0, 0.1) is 13.8 Å². The summed E-state index contributed by atoms with van der Waals surface area (Å²) in [4.78, 5) is 17.5. The van der Waals surface area contributed by atoms with Crippen molar-refractivity contribution in [2.24, 2.45) is 0 Å². The Balaban J connectivity index is 1.44. The van der Waals surface area contributed by atoms with Crippen LogP contribution in [0.5, 0.6) is 0 Å². The third kappa shape index (κ3) is 2.87. The van der Waals surface area contributed by atoms with E-state index in [-0.39, 0.29) is 5.91 Å². The highest BCUT2D eigenvalue weighted by atomic mass is 16.3. The predicted molar refractivity (Wildman–Crippen MR) is 107 cm³/mol. The molecular formula is C22H20N4O2. The molecule has 6 heteroatoms. The first-order valence-corrected chi connectivity index (χ1v) is 9.43. The number of nitrogens with zero attached hydrogens (tertiary/aromatic N) is 3. The Morgan fingerprint density at radius 3 is 2.68 bits per heavy atom. The number of nitrogens with one attached hydrogen (secondary N) is 1. The van der Waals surface area contributed by atoms with Gasteiger partial charge >= 0.3 is 0 Å². The summed E-state index contributed by atoms with van der Waals surface area (Å²) in [5.74, 6) is 1.08. The average Bonchev–Trinajstić information content (AvgIpc) is 3.39. The molecule has 5 rings (SSSR count). The molecule has 1 N–H and O–H groups in total. The van der Waals surface area contributed by atoms with Gasteiger partial charge < -0.3 is 9.73 Å². The smallest absolute Gasteiger partial charge is 0.259 e. The van der Waals surface area contributed by atoms with Gasteiger partial charge in [-0.25, -0.2) is 9.67 Å². The molecule has 1 saturated carbocycles. The van der Waals surface area contributed by atoms with Crippen molar-refractivity contribution in [3.63, 3.8) is 0 Å². The maximum atomic E-state index is 13.0. The minimum absolute atomic E-state index is 0.178. The van der Waals surface area contributed by atoms with Gasteiger partial charge in [0, 0.05) is 11.6 Å². The van der Waals surface area contributed by atoms with E-state index in [0.29, 0.717) is 22.9 Å². The average molecular weight is 372 g/mol. The summed E-state index contributed by atoms with van der Waals surface area (Å²) >= 11 is 0. The van der Waals surface area contributed by atoms with Crippen molar-refractivity contribution in [1.29, 1.82) is 0 Å². The van der Waals surface area contributed by atoms with E-state index in [1.807, 2.05) is 62.4 Å². The van der Waals surface area contributed by atoms with Gasteiger partial charge in [-0.3, -0.25) is 4.79 Å². The zero-order valence-corrected chi connectivity index (χ0v) is 15.8. The first kappa shape index (κ1) is 16.7. The fraction of sp³-hybridized carbons (Fsp3) is 0.227. The van der Waals surface area contributed by atoms with Crippen molar-refractivity contribution >= 4 is 22.7 Å². The summed E-state index contributed by atoms with van der Waals surface area (Å²) in [7, 11) is 0. The molecule has 2 aromatic carbocycles. The Hall–Kier alpha value is -3.41. The van der Waals surface area contributed by atoms with Gasteiger partial charge in [0.1, 0.15) is 5.52 Å². The molecule has 0 unspecified atom stereocenters. The summed E-state index contributed by atoms with van der Waals surface area (Å²) in [6.07, 6.45) is 2.28. The molecule has 28 heavy (non-hydrogen) atoms. The quantitative estimate of drug-likeness (QED) is 0.560. The van der Waals surface area contributed by atoms with Crippen molar-refractivity contribution in [2.45, 2.75) is 32.6 Å². The molecule has 1 aliphatic carbocycles. The van der Waals surface area contributed by atoms with Gasteiger partial charge in [-0.05, 0) is 57.0 Å². The predicted octanol–water partition coefficient (Wildman–Crippen LogP) is 4.76. The highest BCUT2D eigenvalue weighted by Gasteiger charge is 2.29. The number of hydrogen-bond acceptors (Lipinski definition) is 4. The Labute approximate surface area is 162 Å². The van der Waals surface area contributed by atoms with Gasteiger partial charge in [0.15, 0.2) is 11.5 Å². The zero-order chi connectivity index (χ0) is 19.3. The molecule has 0 spiro atoms. The number of benzene rings is 2. The van der Waals surface area contributed by atoms with E-state index in [9.17, 15) is 4.79 Å². The molecule has 6 nitrogen and oxygen atoms in total. The van der Waals surface area contributed by atoms with E-state index in [0.717, 1.165) is 41.2 Å². The summed E-state index contributed by atoms with van der Waals surface area (Å²) in [6.45, 7) is 3.76. The van der Waals surface area contributed by atoms with Crippen molar-refractivity contribution in [1.82, 2.24) is 14.8 Å². The van der Waals surface area contributed by atoms with Crippen LogP contribution in [0.15, 0.2) is 52.9 Å². The molecule has 2 heterocycles. The van der Waals surface area contributed by atoms with Crippen molar-refractivity contribution in [2.75, 3.05) is 5.32 Å². The lowest BCUT2D eigenvalue weighted by molar-refractivity contribution is 0.102. The van der Waals surface area contributed by atoms with Gasteiger partial charge in [-0.15, -0.1) is 0 Å². The second-order valence-corrected chi connectivity index (χ2v) is 7.26. The number of rotatable bonds is 4. The van der Waals surface area contributed by atoms with Crippen LogP contribution in [0.1, 0.15) is 46.4 Å². The van der Waals surface area contributed by atoms with E-state index in [2.05, 4.69) is 15.4 Å². The van der Waals surface area contributed by atoms with Gasteiger partial charge in [0.25, 0.3) is 5.91 Å². The highest BCUT2D eigenvalue weighted by Crippen LogP contribution is 2.40. The number of hydrogen-bond donors (Lipinski definition) is 1. The molecule has 0 saturated heterocycles. The van der Waals surface area contributed by atoms with Gasteiger partial charge in [-0.2, -0.15) is 5.10 Å². The summed E-state index contributed by atoms with van der Waals surface area (Å²) in [6, 6.07) is 15.4. The minimum Gasteiger partial charge on any atom is -0.440 e. The molecule has 1 fully saturated rings. The van der Waals surface area contributed by atoms with Crippen LogP contribution >= 0.6 is 0 Å². The largest absolute Gasteiger partial charge is 0.440 e. The van der Waals surface area contributed by atoms with E-state index >= 15 is 0 Å². The van der Waals surface area contributed by atoms with Gasteiger partial charge in [0.05, 0.1) is 22.6 Å². The number of oxazole rings is 1. The SMILES string of the molecule is Cc1nn(-c2ccccc2)c(C)c1C(=O)Nc1ccc2oc(C3CC3)nc2c1. The third-order valence-corrected chi connectivity index (χ3v) is 5.11. The first-order chi connectivity index (χ1) is 13.6. The minimum atomic E-state index is -0.178. The van der Waals surface area contributed by atoms with Crippen LogP contribution in [0.3, 0.4) is 0 Å². The molecule has 0 radical (unpaired) electrons. The normalized spacial score (nSPS) is 13.8. The van der Waals surface area contributed by atoms with Crippen LogP contribution in [0.2, 0.25) is 0 Å². The molecular weight excluding hydrogens is 352 g/mol. The van der Waals surface area contributed by atoms with E-state index in [1.54, 1.807) is 4.68 Å². The number of aryl methyl sites for hydroxylation is 1. The molecule has 2 aromatic heterocycles. The van der Waals surface area contributed by atoms with Crippen LogP contribution in [-0.2, 0) is 0 Å². The Bertz CT molecular complexity index is 1190. The lowest BCUT2D eigenvalue weighted by Gasteiger charge is -2.07. The number of para-hydroxylation sites is 1. The number of carbonyl (C=O) groups is 1. The standard InChI is InChI=1S/C22H20N4O2/c1-13-20(14(2)26(25-13)17-6-4-3-5-7-17)21(27)23-16-10-11-19-18(12-16)24-22(28-19)15-8-9-15/h3-7,10-12,15H,8-9H2,1-2H3,(H,23,27). The van der Waals surface area contributed by atoms with Gasteiger partial charge in [0.2, 0.25) is 0 Å². The molecule has 4 aromatic rings. The molecule has 1 aliphatic rings. The number of fused-ring (bicyclic) bond motifs is 1. The Morgan fingerprint density at radius 1 is 1.14 bits per heavy atom. The van der Waals surface area contributed by atoms with Crippen molar-refractivity contribution in [3.05, 3.63) is 71.4 Å². The monoisotopic (exact) mass is 372 g/mol. The molecule has 0 aliphatic heterocycles. The van der Waals surface area contributed by atoms with Crippen LogP contribution in [0.25, 0.3) is 16.8 Å². The number of anilines is 1. The fourth-order valence-electron chi connectivity index (χ4n) is 3.51. The number of carbonyl (C=O) groups excluding carboxylic acids is 1. The number of aromatic nitrogens is 3. The lowest BCUT2D eigenvalue weighted by atomic mass is 10.1. The van der Waals surface area contributed by atoms with Gasteiger partial charge in [-0.1, -0.05) is 18.2 Å². The summed E-state index contributed by atoms with van der Waals surface area (Å²) < 4.78 is 7.59. The zero-order valence-electron chi connectivity index (χ0n) is 15.8. The van der Waals surface area contributed by atoms with E-state index < -0.39 is 0 Å². The van der Waals surface area contributed by atoms with Crippen molar-refractivity contribution in [3.8, 4) is 5.69 Å². The van der Waals surface area contributed by atoms with Crippen LogP contribution < -0.4 is 5.32 Å². The highest BCUT2D eigenvalue weighted by molar-refractivity contribution is 6.06. The topological polar surface area (TPSA) is 73.0 Å². The maximum Gasteiger partial charge on any atom is 0.259 e. The second kappa shape index (κ2) is 6.34.